The Bertz CT molecular complexity index is 119. The molecule has 13 heavy (non-hydrogen) atoms. The van der Waals surface area contributed by atoms with E-state index in [4.69, 9.17) is 16.7 Å². The Labute approximate surface area is 86.9 Å². The Hall–Kier alpha value is 0.210. The van der Waals surface area contributed by atoms with E-state index >= 15 is 0 Å². The Morgan fingerprint density at radius 1 is 1.31 bits per heavy atom. The molecule has 2 atom stereocenters. The van der Waals surface area contributed by atoms with Crippen LogP contribution in [0.1, 0.15) is 26.7 Å². The molecule has 0 radical (unpaired) electrons. The lowest BCUT2D eigenvalue weighted by molar-refractivity contribution is 0.138. The van der Waals surface area contributed by atoms with Gasteiger partial charge in [0, 0.05) is 12.4 Å². The molecule has 2 nitrogen and oxygen atoms in total. The van der Waals surface area contributed by atoms with Gasteiger partial charge in [-0.2, -0.15) is 0 Å². The van der Waals surface area contributed by atoms with Crippen LogP contribution in [0, 0.1) is 5.92 Å². The predicted molar refractivity (Wildman–Crippen MR) is 58.3 cm³/mol. The van der Waals surface area contributed by atoms with Gasteiger partial charge in [0.25, 0.3) is 0 Å². The number of hydrogen-bond donors (Lipinski definition) is 1. The summed E-state index contributed by atoms with van der Waals surface area (Å²) in [5.74, 6) is 1.44. The molecule has 0 fully saturated rings. The topological polar surface area (TPSA) is 23.5 Å². The van der Waals surface area contributed by atoms with Crippen molar-refractivity contribution < 1.29 is 5.11 Å². The van der Waals surface area contributed by atoms with E-state index in [9.17, 15) is 0 Å². The van der Waals surface area contributed by atoms with E-state index in [1.165, 1.54) is 0 Å². The fourth-order valence-electron chi connectivity index (χ4n) is 1.31. The normalized spacial score (nSPS) is 16.2. The second-order valence-electron chi connectivity index (χ2n) is 3.98. The maximum Gasteiger partial charge on any atom is 0.0638 e. The molecule has 0 spiro atoms. The minimum absolute atomic E-state index is 0.228. The number of aliphatic hydroxyl groups is 1. The fraction of sp³-hybridized carbons (Fsp3) is 1.00. The average Bonchev–Trinajstić information content (AvgIpc) is 2.00. The van der Waals surface area contributed by atoms with Gasteiger partial charge in [-0.1, -0.05) is 6.92 Å². The van der Waals surface area contributed by atoms with Gasteiger partial charge in [-0.3, -0.25) is 0 Å². The van der Waals surface area contributed by atoms with E-state index in [2.05, 4.69) is 11.8 Å². The summed E-state index contributed by atoms with van der Waals surface area (Å²) in [4.78, 5) is 2.16. The molecule has 2 unspecified atom stereocenters. The van der Waals surface area contributed by atoms with Crippen molar-refractivity contribution in [2.45, 2.75) is 32.8 Å². The molecule has 0 aliphatic carbocycles. The smallest absolute Gasteiger partial charge is 0.0638 e. The Balaban J connectivity index is 3.40. The standard InChI is InChI=1S/C10H22ClNO/c1-9(4-6-11)5-7-12(3)8-10(2)13/h9-10,13H,4-8H2,1-3H3. The molecule has 0 amide bonds. The second-order valence-corrected chi connectivity index (χ2v) is 4.36. The van der Waals surface area contributed by atoms with E-state index < -0.39 is 0 Å². The maximum atomic E-state index is 9.13. The second kappa shape index (κ2) is 7.60. The van der Waals surface area contributed by atoms with Crippen LogP contribution in [0.4, 0.5) is 0 Å². The number of likely N-dealkylation sites (N-methyl/N-ethyl adjacent to an activating group) is 1. The number of rotatable bonds is 7. The molecule has 0 saturated carbocycles. The monoisotopic (exact) mass is 207 g/mol. The number of halogens is 1. The molecule has 1 N–H and O–H groups in total. The molecule has 0 saturated heterocycles. The zero-order valence-electron chi connectivity index (χ0n) is 8.96. The van der Waals surface area contributed by atoms with Gasteiger partial charge in [-0.25, -0.2) is 0 Å². The minimum atomic E-state index is -0.228. The first-order chi connectivity index (χ1) is 6.06. The number of aliphatic hydroxyl groups excluding tert-OH is 1. The molecule has 0 aromatic carbocycles. The maximum absolute atomic E-state index is 9.13. The largest absolute Gasteiger partial charge is 0.392 e. The lowest BCUT2D eigenvalue weighted by Gasteiger charge is -2.20. The molecule has 0 heterocycles. The van der Waals surface area contributed by atoms with Gasteiger partial charge in [0.1, 0.15) is 0 Å². The lowest BCUT2D eigenvalue weighted by Crippen LogP contribution is -2.28. The SMILES string of the molecule is CC(O)CN(C)CCC(C)CCCl. The van der Waals surface area contributed by atoms with E-state index in [0.717, 1.165) is 31.8 Å². The van der Waals surface area contributed by atoms with Crippen molar-refractivity contribution in [3.05, 3.63) is 0 Å². The van der Waals surface area contributed by atoms with E-state index in [1.54, 1.807) is 0 Å². The van der Waals surface area contributed by atoms with Gasteiger partial charge in [-0.05, 0) is 39.3 Å². The number of nitrogens with zero attached hydrogens (tertiary/aromatic N) is 1. The zero-order chi connectivity index (χ0) is 10.3. The highest BCUT2D eigenvalue weighted by molar-refractivity contribution is 6.17. The minimum Gasteiger partial charge on any atom is -0.392 e. The van der Waals surface area contributed by atoms with Crippen LogP contribution in [0.15, 0.2) is 0 Å². The number of hydrogen-bond acceptors (Lipinski definition) is 2. The molecule has 0 aliphatic rings. The third-order valence-corrected chi connectivity index (χ3v) is 2.40. The van der Waals surface area contributed by atoms with Crippen LogP contribution in [0.3, 0.4) is 0 Å². The average molecular weight is 208 g/mol. The van der Waals surface area contributed by atoms with Crippen molar-refractivity contribution in [3.8, 4) is 0 Å². The van der Waals surface area contributed by atoms with Crippen LogP contribution in [-0.4, -0.2) is 42.1 Å². The summed E-state index contributed by atoms with van der Waals surface area (Å²) < 4.78 is 0. The summed E-state index contributed by atoms with van der Waals surface area (Å²) in [6.07, 6.45) is 2.02. The van der Waals surface area contributed by atoms with Gasteiger partial charge in [0.05, 0.1) is 6.10 Å². The summed E-state index contributed by atoms with van der Waals surface area (Å²) in [6, 6.07) is 0. The molecular weight excluding hydrogens is 186 g/mol. The summed E-state index contributed by atoms with van der Waals surface area (Å²) >= 11 is 5.64. The van der Waals surface area contributed by atoms with Crippen LogP contribution in [0.2, 0.25) is 0 Å². The summed E-state index contributed by atoms with van der Waals surface area (Å²) in [7, 11) is 2.04. The first-order valence-corrected chi connectivity index (χ1v) is 5.52. The molecule has 0 bridgehead atoms. The van der Waals surface area contributed by atoms with E-state index in [0.29, 0.717) is 5.92 Å². The van der Waals surface area contributed by atoms with Gasteiger partial charge < -0.3 is 10.0 Å². The van der Waals surface area contributed by atoms with Gasteiger partial charge in [-0.15, -0.1) is 11.6 Å². The Kier molecular flexibility index (Phi) is 7.72. The molecular formula is C10H22ClNO. The van der Waals surface area contributed by atoms with Gasteiger partial charge in [0.2, 0.25) is 0 Å². The highest BCUT2D eigenvalue weighted by Crippen LogP contribution is 2.08. The van der Waals surface area contributed by atoms with Crippen LogP contribution >= 0.6 is 11.6 Å². The van der Waals surface area contributed by atoms with E-state index in [-0.39, 0.29) is 6.10 Å². The number of alkyl halides is 1. The highest BCUT2D eigenvalue weighted by Gasteiger charge is 2.05. The van der Waals surface area contributed by atoms with Crippen LogP contribution < -0.4 is 0 Å². The highest BCUT2D eigenvalue weighted by atomic mass is 35.5. The quantitative estimate of drug-likeness (QED) is 0.646. The van der Waals surface area contributed by atoms with Gasteiger partial charge in [0.15, 0.2) is 0 Å². The van der Waals surface area contributed by atoms with Crippen LogP contribution in [-0.2, 0) is 0 Å². The summed E-state index contributed by atoms with van der Waals surface area (Å²) in [5, 5.41) is 9.13. The first-order valence-electron chi connectivity index (χ1n) is 4.98. The molecule has 0 rings (SSSR count). The van der Waals surface area contributed by atoms with Crippen molar-refractivity contribution >= 4 is 11.6 Å². The summed E-state index contributed by atoms with van der Waals surface area (Å²) in [6.45, 7) is 5.84. The predicted octanol–water partition coefficient (Wildman–Crippen LogP) is 1.95. The molecule has 3 heteroatoms. The van der Waals surface area contributed by atoms with Crippen molar-refractivity contribution in [1.29, 1.82) is 0 Å². The zero-order valence-corrected chi connectivity index (χ0v) is 9.72. The molecule has 80 valence electrons. The molecule has 0 aromatic rings. The van der Waals surface area contributed by atoms with Crippen LogP contribution in [0.25, 0.3) is 0 Å². The van der Waals surface area contributed by atoms with Gasteiger partial charge >= 0.3 is 0 Å². The molecule has 0 aliphatic heterocycles. The third kappa shape index (κ3) is 8.54. The Morgan fingerprint density at radius 3 is 2.38 bits per heavy atom. The molecule has 0 aromatic heterocycles. The van der Waals surface area contributed by atoms with Crippen molar-refractivity contribution in [2.75, 3.05) is 26.0 Å². The Morgan fingerprint density at radius 2 is 1.92 bits per heavy atom. The van der Waals surface area contributed by atoms with Crippen molar-refractivity contribution in [3.63, 3.8) is 0 Å². The lowest BCUT2D eigenvalue weighted by atomic mass is 10.1. The van der Waals surface area contributed by atoms with E-state index in [1.807, 2.05) is 14.0 Å². The first kappa shape index (κ1) is 13.2. The van der Waals surface area contributed by atoms with Crippen molar-refractivity contribution in [1.82, 2.24) is 4.90 Å². The summed E-state index contributed by atoms with van der Waals surface area (Å²) in [5.41, 5.74) is 0. The van der Waals surface area contributed by atoms with Crippen LogP contribution in [0.5, 0.6) is 0 Å². The third-order valence-electron chi connectivity index (χ3n) is 2.18. The van der Waals surface area contributed by atoms with Crippen molar-refractivity contribution in [2.24, 2.45) is 5.92 Å². The fourth-order valence-corrected chi connectivity index (χ4v) is 1.69.